The van der Waals surface area contributed by atoms with Crippen molar-refractivity contribution in [2.75, 3.05) is 19.5 Å². The molecular formula is C22H25N3O5. The molecule has 2 unspecified atom stereocenters. The number of hydrogen-bond donors (Lipinski definition) is 2. The number of nitrogens with one attached hydrogen (secondary N) is 2. The Morgan fingerprint density at radius 2 is 1.80 bits per heavy atom. The van der Waals surface area contributed by atoms with Gasteiger partial charge in [0.2, 0.25) is 5.91 Å². The SMILES string of the molecule is COc1ccc(NC(=O)CCC2NC(=O)N(C(C)c3ccccc3)C2=O)cc1OC. The molecule has 3 rings (SSSR count). The van der Waals surface area contributed by atoms with Crippen molar-refractivity contribution in [1.82, 2.24) is 10.2 Å². The first-order chi connectivity index (χ1) is 14.4. The van der Waals surface area contributed by atoms with Crippen LogP contribution >= 0.6 is 0 Å². The molecule has 8 nitrogen and oxygen atoms in total. The minimum Gasteiger partial charge on any atom is -0.493 e. The fourth-order valence-corrected chi connectivity index (χ4v) is 3.40. The Bertz CT molecular complexity index is 932. The van der Waals surface area contributed by atoms with Crippen LogP contribution in [0.5, 0.6) is 11.5 Å². The van der Waals surface area contributed by atoms with Crippen LogP contribution in [0.2, 0.25) is 0 Å². The van der Waals surface area contributed by atoms with Gasteiger partial charge in [0.15, 0.2) is 11.5 Å². The Balaban J connectivity index is 1.58. The number of rotatable bonds is 8. The van der Waals surface area contributed by atoms with E-state index in [1.165, 1.54) is 19.1 Å². The van der Waals surface area contributed by atoms with Crippen LogP contribution < -0.4 is 20.1 Å². The smallest absolute Gasteiger partial charge is 0.325 e. The average Bonchev–Trinajstić information content (AvgIpc) is 3.05. The number of nitrogens with zero attached hydrogens (tertiary/aromatic N) is 1. The highest BCUT2D eigenvalue weighted by Gasteiger charge is 2.40. The van der Waals surface area contributed by atoms with Gasteiger partial charge >= 0.3 is 6.03 Å². The first kappa shape index (κ1) is 21.2. The van der Waals surface area contributed by atoms with Crippen molar-refractivity contribution in [2.24, 2.45) is 0 Å². The third-order valence-corrected chi connectivity index (χ3v) is 5.05. The van der Waals surface area contributed by atoms with E-state index in [9.17, 15) is 14.4 Å². The lowest BCUT2D eigenvalue weighted by atomic mass is 10.1. The van der Waals surface area contributed by atoms with Crippen LogP contribution in [-0.2, 0) is 9.59 Å². The minimum atomic E-state index is -0.722. The Hall–Kier alpha value is -3.55. The first-order valence-electron chi connectivity index (χ1n) is 9.65. The largest absolute Gasteiger partial charge is 0.493 e. The molecule has 0 aliphatic carbocycles. The molecule has 2 aromatic carbocycles. The van der Waals surface area contributed by atoms with Gasteiger partial charge in [0.05, 0.1) is 20.3 Å². The Labute approximate surface area is 175 Å². The van der Waals surface area contributed by atoms with Crippen LogP contribution in [0.4, 0.5) is 10.5 Å². The van der Waals surface area contributed by atoms with Crippen LogP contribution in [-0.4, -0.2) is 43.0 Å². The van der Waals surface area contributed by atoms with Gasteiger partial charge in [-0.15, -0.1) is 0 Å². The van der Waals surface area contributed by atoms with E-state index in [-0.39, 0.29) is 30.7 Å². The summed E-state index contributed by atoms with van der Waals surface area (Å²) in [5.74, 6) is 0.468. The summed E-state index contributed by atoms with van der Waals surface area (Å²) in [6, 6.07) is 12.8. The third-order valence-electron chi connectivity index (χ3n) is 5.05. The van der Waals surface area contributed by atoms with Crippen molar-refractivity contribution < 1.29 is 23.9 Å². The first-order valence-corrected chi connectivity index (χ1v) is 9.65. The molecular weight excluding hydrogens is 386 g/mol. The summed E-state index contributed by atoms with van der Waals surface area (Å²) in [7, 11) is 3.05. The maximum Gasteiger partial charge on any atom is 0.325 e. The number of ether oxygens (including phenoxy) is 2. The van der Waals surface area contributed by atoms with Gasteiger partial charge in [-0.05, 0) is 31.0 Å². The van der Waals surface area contributed by atoms with Crippen molar-refractivity contribution >= 4 is 23.5 Å². The molecule has 8 heteroatoms. The molecule has 1 fully saturated rings. The normalized spacial score (nSPS) is 16.8. The van der Waals surface area contributed by atoms with Crippen LogP contribution in [0.25, 0.3) is 0 Å². The monoisotopic (exact) mass is 411 g/mol. The summed E-state index contributed by atoms with van der Waals surface area (Å²) >= 11 is 0. The molecule has 0 saturated carbocycles. The lowest BCUT2D eigenvalue weighted by molar-refractivity contribution is -0.129. The topological polar surface area (TPSA) is 97.0 Å². The molecule has 2 N–H and O–H groups in total. The summed E-state index contributed by atoms with van der Waals surface area (Å²) in [6.45, 7) is 1.80. The summed E-state index contributed by atoms with van der Waals surface area (Å²) < 4.78 is 10.4. The molecule has 0 spiro atoms. The number of amides is 4. The van der Waals surface area contributed by atoms with Gasteiger partial charge in [-0.3, -0.25) is 14.5 Å². The Morgan fingerprint density at radius 1 is 1.10 bits per heavy atom. The van der Waals surface area contributed by atoms with E-state index >= 15 is 0 Å². The summed E-state index contributed by atoms with van der Waals surface area (Å²) in [4.78, 5) is 38.6. The van der Waals surface area contributed by atoms with Crippen LogP contribution in [0.1, 0.15) is 31.4 Å². The van der Waals surface area contributed by atoms with E-state index in [0.717, 1.165) is 5.56 Å². The number of urea groups is 1. The van der Waals surface area contributed by atoms with Gasteiger partial charge in [0.25, 0.3) is 5.91 Å². The van der Waals surface area contributed by atoms with E-state index in [1.54, 1.807) is 25.1 Å². The van der Waals surface area contributed by atoms with E-state index in [4.69, 9.17) is 9.47 Å². The molecule has 158 valence electrons. The molecule has 1 aliphatic heterocycles. The van der Waals surface area contributed by atoms with Crippen molar-refractivity contribution in [3.05, 3.63) is 54.1 Å². The maximum absolute atomic E-state index is 12.7. The van der Waals surface area contributed by atoms with E-state index < -0.39 is 12.1 Å². The van der Waals surface area contributed by atoms with Crippen molar-refractivity contribution in [3.8, 4) is 11.5 Å². The number of hydrogen-bond acceptors (Lipinski definition) is 5. The molecule has 0 bridgehead atoms. The van der Waals surface area contributed by atoms with Gasteiger partial charge in [-0.2, -0.15) is 0 Å². The van der Waals surface area contributed by atoms with E-state index in [2.05, 4.69) is 10.6 Å². The number of imide groups is 1. The van der Waals surface area contributed by atoms with E-state index in [0.29, 0.717) is 17.2 Å². The predicted molar refractivity (Wildman–Crippen MR) is 111 cm³/mol. The van der Waals surface area contributed by atoms with Crippen LogP contribution in [0, 0.1) is 0 Å². The van der Waals surface area contributed by atoms with Gasteiger partial charge in [-0.25, -0.2) is 4.79 Å². The molecule has 1 aliphatic rings. The fraction of sp³-hybridized carbons (Fsp3) is 0.318. The van der Waals surface area contributed by atoms with Crippen molar-refractivity contribution in [2.45, 2.75) is 31.8 Å². The fourth-order valence-electron chi connectivity index (χ4n) is 3.40. The van der Waals surface area contributed by atoms with Gasteiger partial charge < -0.3 is 20.1 Å². The molecule has 2 atom stereocenters. The predicted octanol–water partition coefficient (Wildman–Crippen LogP) is 3.10. The van der Waals surface area contributed by atoms with Gasteiger partial charge in [0.1, 0.15) is 6.04 Å². The Morgan fingerprint density at radius 3 is 2.47 bits per heavy atom. The second-order valence-corrected chi connectivity index (χ2v) is 6.95. The molecule has 0 aromatic heterocycles. The zero-order chi connectivity index (χ0) is 21.7. The summed E-state index contributed by atoms with van der Waals surface area (Å²) in [6.07, 6.45) is 0.292. The quantitative estimate of drug-likeness (QED) is 0.651. The van der Waals surface area contributed by atoms with Crippen molar-refractivity contribution in [3.63, 3.8) is 0 Å². The molecule has 0 radical (unpaired) electrons. The highest BCUT2D eigenvalue weighted by atomic mass is 16.5. The average molecular weight is 411 g/mol. The number of carbonyl (C=O) groups excluding carboxylic acids is 3. The number of methoxy groups -OCH3 is 2. The molecule has 30 heavy (non-hydrogen) atoms. The number of benzene rings is 2. The molecule has 4 amide bonds. The highest BCUT2D eigenvalue weighted by molar-refractivity contribution is 6.05. The van der Waals surface area contributed by atoms with Gasteiger partial charge in [-0.1, -0.05) is 30.3 Å². The van der Waals surface area contributed by atoms with Crippen LogP contribution in [0.15, 0.2) is 48.5 Å². The molecule has 2 aromatic rings. The van der Waals surface area contributed by atoms with Crippen LogP contribution in [0.3, 0.4) is 0 Å². The molecule has 1 saturated heterocycles. The number of anilines is 1. The Kier molecular flexibility index (Phi) is 6.56. The number of carbonyl (C=O) groups is 3. The molecule has 1 heterocycles. The van der Waals surface area contributed by atoms with Gasteiger partial charge in [0, 0.05) is 18.2 Å². The highest BCUT2D eigenvalue weighted by Crippen LogP contribution is 2.30. The zero-order valence-corrected chi connectivity index (χ0v) is 17.2. The zero-order valence-electron chi connectivity index (χ0n) is 17.2. The minimum absolute atomic E-state index is 0.0819. The summed E-state index contributed by atoms with van der Waals surface area (Å²) in [5.41, 5.74) is 1.42. The second kappa shape index (κ2) is 9.30. The summed E-state index contributed by atoms with van der Waals surface area (Å²) in [5, 5.41) is 5.44. The second-order valence-electron chi connectivity index (χ2n) is 6.95. The standard InChI is InChI=1S/C22H25N3O5/c1-14(15-7-5-4-6-8-15)25-21(27)17(24-22(25)28)10-12-20(26)23-16-9-11-18(29-2)19(13-16)30-3/h4-9,11,13-14,17H,10,12H2,1-3H3,(H,23,26)(H,24,28). The van der Waals surface area contributed by atoms with Crippen molar-refractivity contribution in [1.29, 1.82) is 0 Å². The maximum atomic E-state index is 12.7. The lowest BCUT2D eigenvalue weighted by Crippen LogP contribution is -2.34. The third kappa shape index (κ3) is 4.53. The lowest BCUT2D eigenvalue weighted by Gasteiger charge is -2.21. The van der Waals surface area contributed by atoms with E-state index in [1.807, 2.05) is 30.3 Å².